The molecule has 21 heavy (non-hydrogen) atoms. The molecule has 2 nitrogen and oxygen atoms in total. The van der Waals surface area contributed by atoms with Crippen LogP contribution in [0.3, 0.4) is 0 Å². The van der Waals surface area contributed by atoms with Crippen molar-refractivity contribution in [2.75, 3.05) is 6.54 Å². The lowest BCUT2D eigenvalue weighted by Crippen LogP contribution is -2.31. The fourth-order valence-corrected chi connectivity index (χ4v) is 2.44. The third-order valence-corrected chi connectivity index (χ3v) is 4.29. The van der Waals surface area contributed by atoms with Crippen molar-refractivity contribution in [3.05, 3.63) is 29.8 Å². The van der Waals surface area contributed by atoms with Crippen LogP contribution in [-0.2, 0) is 5.41 Å². The Balaban J connectivity index is 2.52. The number of rotatable bonds is 9. The zero-order valence-corrected chi connectivity index (χ0v) is 14.7. The predicted octanol–water partition coefficient (Wildman–Crippen LogP) is 4.92. The molecular formula is C19H33NO. The summed E-state index contributed by atoms with van der Waals surface area (Å²) in [6, 6.07) is 9.10. The highest BCUT2D eigenvalue weighted by atomic mass is 16.5. The quantitative estimate of drug-likeness (QED) is 0.697. The van der Waals surface area contributed by atoms with E-state index in [2.05, 4.69) is 71.1 Å². The normalized spacial score (nSPS) is 14.8. The van der Waals surface area contributed by atoms with Gasteiger partial charge in [0, 0.05) is 6.04 Å². The molecule has 0 bridgehead atoms. The molecule has 0 fully saturated rings. The summed E-state index contributed by atoms with van der Waals surface area (Å²) in [5.41, 5.74) is 1.62. The number of hydrogen-bond donors (Lipinski definition) is 1. The largest absolute Gasteiger partial charge is 0.491 e. The maximum absolute atomic E-state index is 6.03. The average molecular weight is 291 g/mol. The van der Waals surface area contributed by atoms with Crippen molar-refractivity contribution >= 4 is 0 Å². The van der Waals surface area contributed by atoms with Gasteiger partial charge in [-0.15, -0.1) is 0 Å². The van der Waals surface area contributed by atoms with E-state index in [1.54, 1.807) is 0 Å². The zero-order valence-electron chi connectivity index (χ0n) is 14.7. The van der Waals surface area contributed by atoms with Crippen molar-refractivity contribution in [3.8, 4) is 5.75 Å². The first-order valence-corrected chi connectivity index (χ1v) is 8.39. The summed E-state index contributed by atoms with van der Waals surface area (Å²) < 4.78 is 6.03. The monoisotopic (exact) mass is 291 g/mol. The van der Waals surface area contributed by atoms with Gasteiger partial charge in [-0.25, -0.2) is 0 Å². The minimum Gasteiger partial charge on any atom is -0.491 e. The molecule has 0 aliphatic heterocycles. The van der Waals surface area contributed by atoms with Crippen LogP contribution in [0.25, 0.3) is 0 Å². The van der Waals surface area contributed by atoms with Crippen molar-refractivity contribution in [2.45, 2.75) is 78.4 Å². The van der Waals surface area contributed by atoms with E-state index in [1.807, 2.05) is 0 Å². The lowest BCUT2D eigenvalue weighted by Gasteiger charge is -2.24. The standard InChI is InChI=1S/C19H33NO/c1-7-13-20-15(3)14-16(4)21-18-11-9-17(10-12-18)19(5,6)8-2/h9-12,15-16,20H,7-8,13-14H2,1-6H3. The van der Waals surface area contributed by atoms with E-state index in [9.17, 15) is 0 Å². The van der Waals surface area contributed by atoms with E-state index in [4.69, 9.17) is 4.74 Å². The number of hydrogen-bond acceptors (Lipinski definition) is 2. The van der Waals surface area contributed by atoms with Crippen molar-refractivity contribution < 1.29 is 4.74 Å². The van der Waals surface area contributed by atoms with Crippen LogP contribution in [0.4, 0.5) is 0 Å². The second-order valence-corrected chi connectivity index (χ2v) is 6.78. The first-order chi connectivity index (χ1) is 9.89. The molecule has 1 N–H and O–H groups in total. The third-order valence-electron chi connectivity index (χ3n) is 4.29. The van der Waals surface area contributed by atoms with Crippen molar-refractivity contribution in [3.63, 3.8) is 0 Å². The van der Waals surface area contributed by atoms with Crippen molar-refractivity contribution in [1.82, 2.24) is 5.32 Å². The highest BCUT2D eigenvalue weighted by molar-refractivity contribution is 5.31. The Morgan fingerprint density at radius 1 is 1.10 bits per heavy atom. The minimum absolute atomic E-state index is 0.231. The maximum Gasteiger partial charge on any atom is 0.119 e. The van der Waals surface area contributed by atoms with E-state index in [-0.39, 0.29) is 11.5 Å². The van der Waals surface area contributed by atoms with Crippen molar-refractivity contribution in [2.24, 2.45) is 0 Å². The summed E-state index contributed by atoms with van der Waals surface area (Å²) in [5.74, 6) is 0.973. The van der Waals surface area contributed by atoms with E-state index in [0.717, 1.165) is 25.1 Å². The summed E-state index contributed by atoms with van der Waals surface area (Å²) in [6.45, 7) is 14.4. The molecule has 0 saturated carbocycles. The van der Waals surface area contributed by atoms with Gasteiger partial charge in [-0.1, -0.05) is 39.8 Å². The van der Waals surface area contributed by atoms with Gasteiger partial charge in [0.15, 0.2) is 0 Å². The molecule has 0 radical (unpaired) electrons. The summed E-state index contributed by atoms with van der Waals surface area (Å²) >= 11 is 0. The summed E-state index contributed by atoms with van der Waals surface area (Å²) in [7, 11) is 0. The smallest absolute Gasteiger partial charge is 0.119 e. The molecule has 120 valence electrons. The molecule has 0 aromatic heterocycles. The van der Waals surface area contributed by atoms with E-state index >= 15 is 0 Å². The molecule has 0 aliphatic rings. The Bertz CT molecular complexity index is 397. The molecule has 0 spiro atoms. The fraction of sp³-hybridized carbons (Fsp3) is 0.684. The highest BCUT2D eigenvalue weighted by Crippen LogP contribution is 2.28. The topological polar surface area (TPSA) is 21.3 Å². The molecule has 2 unspecified atom stereocenters. The van der Waals surface area contributed by atoms with Crippen LogP contribution in [0.1, 0.15) is 66.4 Å². The number of nitrogens with one attached hydrogen (secondary N) is 1. The van der Waals surface area contributed by atoms with Gasteiger partial charge in [0.05, 0.1) is 6.10 Å². The third kappa shape index (κ3) is 6.09. The SMILES string of the molecule is CCCNC(C)CC(C)Oc1ccc(C(C)(C)CC)cc1. The molecule has 1 aromatic rings. The Labute approximate surface area is 131 Å². The first-order valence-electron chi connectivity index (χ1n) is 8.39. The van der Waals surface area contributed by atoms with Gasteiger partial charge in [0.25, 0.3) is 0 Å². The minimum atomic E-state index is 0.231. The molecule has 2 heteroatoms. The summed E-state index contributed by atoms with van der Waals surface area (Å²) in [6.07, 6.45) is 3.58. The van der Waals surface area contributed by atoms with Crippen LogP contribution >= 0.6 is 0 Å². The Kier molecular flexibility index (Phi) is 7.24. The van der Waals surface area contributed by atoms with Gasteiger partial charge in [0.1, 0.15) is 5.75 Å². The van der Waals surface area contributed by atoms with E-state index < -0.39 is 0 Å². The highest BCUT2D eigenvalue weighted by Gasteiger charge is 2.18. The second kappa shape index (κ2) is 8.43. The van der Waals surface area contributed by atoms with Crippen LogP contribution in [0.2, 0.25) is 0 Å². The van der Waals surface area contributed by atoms with Crippen LogP contribution in [0.15, 0.2) is 24.3 Å². The first kappa shape index (κ1) is 18.0. The molecule has 1 aromatic carbocycles. The van der Waals surface area contributed by atoms with Crippen LogP contribution in [0.5, 0.6) is 5.75 Å². The molecule has 0 heterocycles. The van der Waals surface area contributed by atoms with Crippen LogP contribution in [0, 0.1) is 0 Å². The van der Waals surface area contributed by atoms with Crippen LogP contribution in [-0.4, -0.2) is 18.7 Å². The Morgan fingerprint density at radius 3 is 2.24 bits per heavy atom. The van der Waals surface area contributed by atoms with Crippen LogP contribution < -0.4 is 10.1 Å². The van der Waals surface area contributed by atoms with Gasteiger partial charge in [0.2, 0.25) is 0 Å². The Hall–Kier alpha value is -1.02. The van der Waals surface area contributed by atoms with Gasteiger partial charge < -0.3 is 10.1 Å². The second-order valence-electron chi connectivity index (χ2n) is 6.78. The predicted molar refractivity (Wildman–Crippen MR) is 92.2 cm³/mol. The van der Waals surface area contributed by atoms with Crippen molar-refractivity contribution in [1.29, 1.82) is 0 Å². The Morgan fingerprint density at radius 2 is 1.71 bits per heavy atom. The molecule has 0 saturated heterocycles. The number of ether oxygens (including phenoxy) is 1. The molecule has 2 atom stereocenters. The maximum atomic E-state index is 6.03. The van der Waals surface area contributed by atoms with Gasteiger partial charge in [-0.05, 0) is 62.8 Å². The van der Waals surface area contributed by atoms with Gasteiger partial charge in [-0.3, -0.25) is 0 Å². The van der Waals surface area contributed by atoms with Gasteiger partial charge >= 0.3 is 0 Å². The molecule has 1 rings (SSSR count). The fourth-order valence-electron chi connectivity index (χ4n) is 2.44. The zero-order chi connectivity index (χ0) is 15.9. The summed E-state index contributed by atoms with van der Waals surface area (Å²) in [5, 5.41) is 3.51. The van der Waals surface area contributed by atoms with Gasteiger partial charge in [-0.2, -0.15) is 0 Å². The lowest BCUT2D eigenvalue weighted by atomic mass is 9.82. The average Bonchev–Trinajstić information content (AvgIpc) is 2.45. The molecule has 0 aliphatic carbocycles. The molecular weight excluding hydrogens is 258 g/mol. The number of benzene rings is 1. The van der Waals surface area contributed by atoms with E-state index in [0.29, 0.717) is 6.04 Å². The lowest BCUT2D eigenvalue weighted by molar-refractivity contribution is 0.196. The van der Waals surface area contributed by atoms with E-state index in [1.165, 1.54) is 12.0 Å². The molecule has 0 amide bonds. The summed E-state index contributed by atoms with van der Waals surface area (Å²) in [4.78, 5) is 0.